The molecule has 0 N–H and O–H groups in total. The molecule has 0 radical (unpaired) electrons. The third-order valence-corrected chi connectivity index (χ3v) is 1.89. The molecule has 50 valence electrons. The van der Waals surface area contributed by atoms with Crippen LogP contribution >= 0.6 is 23.4 Å². The second-order valence-corrected chi connectivity index (χ2v) is 2.90. The molecule has 1 aromatic rings. The first-order valence-corrected chi connectivity index (χ1v) is 4.50. The van der Waals surface area contributed by atoms with E-state index in [0.717, 1.165) is 5.01 Å². The molecular formula is C5H7NOS2. The number of nitrogens with zero attached hydrogens (tertiary/aromatic N) is 1. The van der Waals surface area contributed by atoms with Gasteiger partial charge in [-0.15, -0.1) is 11.3 Å². The number of hydrogen-bond acceptors (Lipinski definition) is 4. The molecular weight excluding hydrogens is 154 g/mol. The Hall–Kier alpha value is -0.0600. The van der Waals surface area contributed by atoms with Crippen molar-refractivity contribution in [2.45, 2.75) is 6.61 Å². The Morgan fingerprint density at radius 2 is 2.78 bits per heavy atom. The van der Waals surface area contributed by atoms with E-state index in [2.05, 4.69) is 4.98 Å². The zero-order chi connectivity index (χ0) is 6.53. The van der Waals surface area contributed by atoms with Gasteiger partial charge in [0.05, 0.1) is 0 Å². The summed E-state index contributed by atoms with van der Waals surface area (Å²) in [7, 11) is 0. The van der Waals surface area contributed by atoms with E-state index < -0.39 is 0 Å². The van der Waals surface area contributed by atoms with E-state index in [1.54, 1.807) is 17.5 Å². The molecule has 1 rings (SSSR count). The van der Waals surface area contributed by atoms with Gasteiger partial charge in [0.25, 0.3) is 0 Å². The van der Waals surface area contributed by atoms with Crippen LogP contribution in [0.1, 0.15) is 5.01 Å². The van der Waals surface area contributed by atoms with Gasteiger partial charge in [-0.2, -0.15) is 0 Å². The number of hydrogen-bond donors (Lipinski definition) is 0. The Bertz CT molecular complexity index is 152. The minimum Gasteiger partial charge on any atom is -0.308 e. The Balaban J connectivity index is 2.30. The highest BCUT2D eigenvalue weighted by molar-refractivity contribution is 7.93. The number of thiazole rings is 1. The second kappa shape index (κ2) is 3.87. The fourth-order valence-electron chi connectivity index (χ4n) is 0.434. The molecule has 0 aliphatic heterocycles. The van der Waals surface area contributed by atoms with Crippen molar-refractivity contribution in [2.75, 3.05) is 6.26 Å². The molecule has 0 saturated heterocycles. The molecule has 0 saturated carbocycles. The highest BCUT2D eigenvalue weighted by Gasteiger charge is 1.91. The van der Waals surface area contributed by atoms with Crippen molar-refractivity contribution in [3.05, 3.63) is 16.6 Å². The summed E-state index contributed by atoms with van der Waals surface area (Å²) in [4.78, 5) is 4.03. The highest BCUT2D eigenvalue weighted by Crippen LogP contribution is 2.08. The van der Waals surface area contributed by atoms with Crippen LogP contribution in [0.3, 0.4) is 0 Å². The molecule has 1 aromatic heterocycles. The zero-order valence-corrected chi connectivity index (χ0v) is 6.67. The molecule has 4 heteroatoms. The molecule has 1 heterocycles. The maximum atomic E-state index is 5.04. The maximum absolute atomic E-state index is 5.04. The van der Waals surface area contributed by atoms with Gasteiger partial charge in [0, 0.05) is 17.8 Å². The smallest absolute Gasteiger partial charge is 0.120 e. The molecule has 0 aliphatic carbocycles. The largest absolute Gasteiger partial charge is 0.308 e. The second-order valence-electron chi connectivity index (χ2n) is 1.35. The Morgan fingerprint density at radius 1 is 1.89 bits per heavy atom. The molecule has 0 amide bonds. The van der Waals surface area contributed by atoms with Crippen molar-refractivity contribution >= 4 is 23.4 Å². The van der Waals surface area contributed by atoms with Crippen LogP contribution in [-0.2, 0) is 10.8 Å². The monoisotopic (exact) mass is 161 g/mol. The average molecular weight is 161 g/mol. The fourth-order valence-corrected chi connectivity index (χ4v) is 1.27. The van der Waals surface area contributed by atoms with Crippen molar-refractivity contribution < 1.29 is 4.18 Å². The number of aromatic nitrogens is 1. The summed E-state index contributed by atoms with van der Waals surface area (Å²) in [5.74, 6) is 0. The molecule has 0 aliphatic rings. The summed E-state index contributed by atoms with van der Waals surface area (Å²) in [5, 5.41) is 2.98. The van der Waals surface area contributed by atoms with E-state index in [4.69, 9.17) is 4.18 Å². The fraction of sp³-hybridized carbons (Fsp3) is 0.400. The molecule has 9 heavy (non-hydrogen) atoms. The zero-order valence-electron chi connectivity index (χ0n) is 5.03. The predicted octanol–water partition coefficient (Wildman–Crippen LogP) is 1.94. The SMILES string of the molecule is CSOCc1nccs1. The summed E-state index contributed by atoms with van der Waals surface area (Å²) in [6, 6.07) is 0. The van der Waals surface area contributed by atoms with Crippen molar-refractivity contribution in [2.24, 2.45) is 0 Å². The Kier molecular flexibility index (Phi) is 3.03. The van der Waals surface area contributed by atoms with Crippen molar-refractivity contribution in [1.29, 1.82) is 0 Å². The summed E-state index contributed by atoms with van der Waals surface area (Å²) < 4.78 is 5.04. The van der Waals surface area contributed by atoms with E-state index in [9.17, 15) is 0 Å². The normalized spacial score (nSPS) is 9.89. The van der Waals surface area contributed by atoms with Gasteiger partial charge in [0.2, 0.25) is 0 Å². The molecule has 0 fully saturated rings. The standard InChI is InChI=1S/C5H7NOS2/c1-8-7-4-5-6-2-3-9-5/h2-3H,4H2,1H3. The van der Waals surface area contributed by atoms with Crippen molar-refractivity contribution in [3.8, 4) is 0 Å². The van der Waals surface area contributed by atoms with Gasteiger partial charge in [-0.3, -0.25) is 0 Å². The Morgan fingerprint density at radius 3 is 3.33 bits per heavy atom. The van der Waals surface area contributed by atoms with Crippen LogP contribution in [0.25, 0.3) is 0 Å². The lowest BCUT2D eigenvalue weighted by atomic mass is 10.8. The lowest BCUT2D eigenvalue weighted by molar-refractivity contribution is 0.365. The van der Waals surface area contributed by atoms with E-state index in [0.29, 0.717) is 6.61 Å². The molecule has 0 unspecified atom stereocenters. The first-order valence-electron chi connectivity index (χ1n) is 2.47. The average Bonchev–Trinajstić information content (AvgIpc) is 2.34. The van der Waals surface area contributed by atoms with Crippen LogP contribution in [0.2, 0.25) is 0 Å². The van der Waals surface area contributed by atoms with Crippen LogP contribution in [0, 0.1) is 0 Å². The van der Waals surface area contributed by atoms with Crippen LogP contribution in [0.5, 0.6) is 0 Å². The quantitative estimate of drug-likeness (QED) is 0.632. The van der Waals surface area contributed by atoms with Gasteiger partial charge in [0.1, 0.15) is 11.6 Å². The van der Waals surface area contributed by atoms with Crippen LogP contribution < -0.4 is 0 Å². The highest BCUT2D eigenvalue weighted by atomic mass is 32.2. The van der Waals surface area contributed by atoms with Gasteiger partial charge < -0.3 is 4.18 Å². The topological polar surface area (TPSA) is 22.1 Å². The third kappa shape index (κ3) is 2.34. The van der Waals surface area contributed by atoms with Crippen molar-refractivity contribution in [3.63, 3.8) is 0 Å². The molecule has 2 nitrogen and oxygen atoms in total. The molecule has 0 atom stereocenters. The summed E-state index contributed by atoms with van der Waals surface area (Å²) in [6.45, 7) is 0.624. The van der Waals surface area contributed by atoms with Crippen LogP contribution in [0.15, 0.2) is 11.6 Å². The summed E-state index contributed by atoms with van der Waals surface area (Å²) in [5.41, 5.74) is 0. The lowest BCUT2D eigenvalue weighted by Gasteiger charge is -1.91. The summed E-state index contributed by atoms with van der Waals surface area (Å²) >= 11 is 2.98. The first-order chi connectivity index (χ1) is 4.43. The lowest BCUT2D eigenvalue weighted by Crippen LogP contribution is -1.81. The van der Waals surface area contributed by atoms with Crippen LogP contribution in [-0.4, -0.2) is 11.2 Å². The summed E-state index contributed by atoms with van der Waals surface area (Å²) in [6.07, 6.45) is 3.68. The van der Waals surface area contributed by atoms with Gasteiger partial charge in [-0.25, -0.2) is 4.98 Å². The molecule has 0 aromatic carbocycles. The predicted molar refractivity (Wildman–Crippen MR) is 40.4 cm³/mol. The van der Waals surface area contributed by atoms with Crippen LogP contribution in [0.4, 0.5) is 0 Å². The van der Waals surface area contributed by atoms with E-state index in [1.165, 1.54) is 12.0 Å². The van der Waals surface area contributed by atoms with Gasteiger partial charge in [0.15, 0.2) is 0 Å². The molecule has 0 spiro atoms. The first kappa shape index (κ1) is 7.05. The van der Waals surface area contributed by atoms with E-state index in [1.807, 2.05) is 11.6 Å². The minimum absolute atomic E-state index is 0.624. The number of rotatable bonds is 3. The van der Waals surface area contributed by atoms with Gasteiger partial charge in [-0.05, 0) is 12.0 Å². The third-order valence-electron chi connectivity index (χ3n) is 0.784. The van der Waals surface area contributed by atoms with Gasteiger partial charge in [-0.1, -0.05) is 0 Å². The van der Waals surface area contributed by atoms with E-state index in [-0.39, 0.29) is 0 Å². The van der Waals surface area contributed by atoms with Gasteiger partial charge >= 0.3 is 0 Å². The minimum atomic E-state index is 0.624. The molecule has 0 bridgehead atoms. The van der Waals surface area contributed by atoms with Crippen molar-refractivity contribution in [1.82, 2.24) is 4.98 Å². The van der Waals surface area contributed by atoms with E-state index >= 15 is 0 Å². The maximum Gasteiger partial charge on any atom is 0.120 e. The Labute approximate surface area is 62.5 Å².